The Hall–Kier alpha value is -2.58. The maximum absolute atomic E-state index is 13.1. The molecule has 1 aromatic carbocycles. The second-order valence-electron chi connectivity index (χ2n) is 8.36. The van der Waals surface area contributed by atoms with Crippen LogP contribution in [0.2, 0.25) is 5.02 Å². The number of aliphatic hydroxyl groups is 1. The minimum Gasteiger partial charge on any atom is -0.453 e. The summed E-state index contributed by atoms with van der Waals surface area (Å²) in [4.78, 5) is 31.3. The predicted octanol–water partition coefficient (Wildman–Crippen LogP) is 2.92. The highest BCUT2D eigenvalue weighted by atomic mass is 35.5. The molecule has 2 heterocycles. The third-order valence-corrected chi connectivity index (χ3v) is 5.54. The molecule has 1 unspecified atom stereocenters. The monoisotopic (exact) mass is 434 g/mol. The van der Waals surface area contributed by atoms with Gasteiger partial charge in [0.25, 0.3) is 5.91 Å². The third-order valence-electron chi connectivity index (χ3n) is 5.29. The van der Waals surface area contributed by atoms with Crippen molar-refractivity contribution in [3.8, 4) is 11.4 Å². The number of imidazole rings is 1. The Balaban J connectivity index is 2.02. The van der Waals surface area contributed by atoms with Gasteiger partial charge in [0.15, 0.2) is 5.69 Å². The number of nitrogens with zero attached hydrogens (tertiary/aromatic N) is 3. The van der Waals surface area contributed by atoms with Gasteiger partial charge in [-0.15, -0.1) is 0 Å². The average molecular weight is 435 g/mol. The van der Waals surface area contributed by atoms with Gasteiger partial charge >= 0.3 is 6.09 Å². The number of benzene rings is 1. The number of halogens is 1. The summed E-state index contributed by atoms with van der Waals surface area (Å²) >= 11 is 6.01. The average Bonchev–Trinajstić information content (AvgIpc) is 3.09. The number of carbonyl (C=O) groups is 2. The van der Waals surface area contributed by atoms with Crippen LogP contribution in [0.5, 0.6) is 0 Å². The first kappa shape index (κ1) is 22.1. The molecule has 3 rings (SSSR count). The zero-order valence-corrected chi connectivity index (χ0v) is 18.4. The van der Waals surface area contributed by atoms with E-state index in [1.165, 1.54) is 12.0 Å². The highest BCUT2D eigenvalue weighted by Gasteiger charge is 2.32. The molecular weight excluding hydrogens is 408 g/mol. The lowest BCUT2D eigenvalue weighted by atomic mass is 9.87. The Kier molecular flexibility index (Phi) is 6.38. The summed E-state index contributed by atoms with van der Waals surface area (Å²) in [5.74, 6) is 0.243. The van der Waals surface area contributed by atoms with Crippen LogP contribution >= 0.6 is 11.6 Å². The number of carbonyl (C=O) groups excluding carboxylic acids is 2. The molecule has 2 amide bonds. The van der Waals surface area contributed by atoms with Gasteiger partial charge in [0.05, 0.1) is 32.0 Å². The molecule has 1 aromatic heterocycles. The van der Waals surface area contributed by atoms with Crippen LogP contribution in [0.15, 0.2) is 24.3 Å². The van der Waals surface area contributed by atoms with Gasteiger partial charge in [-0.2, -0.15) is 0 Å². The van der Waals surface area contributed by atoms with Crippen LogP contribution in [0.25, 0.3) is 11.4 Å². The van der Waals surface area contributed by atoms with Gasteiger partial charge in [0.1, 0.15) is 5.82 Å². The van der Waals surface area contributed by atoms with Crippen LogP contribution in [-0.4, -0.2) is 57.9 Å². The van der Waals surface area contributed by atoms with Gasteiger partial charge in [-0.1, -0.05) is 32.4 Å². The number of hydrogen-bond donors (Lipinski definition) is 2. The molecule has 162 valence electrons. The molecule has 0 saturated carbocycles. The number of fused-ring (bicyclic) bond motifs is 1. The first-order valence-corrected chi connectivity index (χ1v) is 10.1. The molecule has 0 spiro atoms. The van der Waals surface area contributed by atoms with E-state index in [0.29, 0.717) is 29.6 Å². The maximum Gasteiger partial charge on any atom is 0.409 e. The van der Waals surface area contributed by atoms with Crippen molar-refractivity contribution < 1.29 is 19.4 Å². The summed E-state index contributed by atoms with van der Waals surface area (Å²) in [7, 11) is 1.33. The van der Waals surface area contributed by atoms with Gasteiger partial charge in [-0.3, -0.25) is 4.79 Å². The summed E-state index contributed by atoms with van der Waals surface area (Å²) in [5, 5.41) is 13.2. The molecule has 8 nitrogen and oxygen atoms in total. The highest BCUT2D eigenvalue weighted by molar-refractivity contribution is 6.30. The zero-order valence-electron chi connectivity index (χ0n) is 17.6. The third kappa shape index (κ3) is 4.44. The molecule has 0 saturated heterocycles. The van der Waals surface area contributed by atoms with Gasteiger partial charge in [0, 0.05) is 23.7 Å². The summed E-state index contributed by atoms with van der Waals surface area (Å²) in [5.41, 5.74) is 1.35. The minimum absolute atomic E-state index is 0.191. The fourth-order valence-electron chi connectivity index (χ4n) is 3.42. The Morgan fingerprint density at radius 3 is 2.50 bits per heavy atom. The largest absolute Gasteiger partial charge is 0.453 e. The van der Waals surface area contributed by atoms with E-state index < -0.39 is 12.1 Å². The molecule has 1 aliphatic heterocycles. The van der Waals surface area contributed by atoms with Crippen molar-refractivity contribution in [2.75, 3.05) is 20.3 Å². The first-order valence-electron chi connectivity index (χ1n) is 9.75. The van der Waals surface area contributed by atoms with Crippen molar-refractivity contribution in [3.63, 3.8) is 0 Å². The number of rotatable bonds is 4. The van der Waals surface area contributed by atoms with Gasteiger partial charge < -0.3 is 24.6 Å². The van der Waals surface area contributed by atoms with Gasteiger partial charge in [-0.05, 0) is 29.7 Å². The Morgan fingerprint density at radius 1 is 1.27 bits per heavy atom. The van der Waals surface area contributed by atoms with Crippen LogP contribution in [0.4, 0.5) is 4.79 Å². The van der Waals surface area contributed by atoms with Gasteiger partial charge in [0.2, 0.25) is 0 Å². The molecule has 9 heteroatoms. The lowest BCUT2D eigenvalue weighted by molar-refractivity contribution is 0.0836. The lowest BCUT2D eigenvalue weighted by Crippen LogP contribution is -2.47. The molecule has 1 atom stereocenters. The number of ether oxygens (including phenoxy) is 1. The number of aromatic nitrogens is 2. The first-order chi connectivity index (χ1) is 14.2. The van der Waals surface area contributed by atoms with Crippen LogP contribution in [0.3, 0.4) is 0 Å². The van der Waals surface area contributed by atoms with Gasteiger partial charge in [-0.25, -0.2) is 9.78 Å². The Labute approximate surface area is 180 Å². The number of aliphatic hydroxyl groups excluding tert-OH is 1. The summed E-state index contributed by atoms with van der Waals surface area (Å²) < 4.78 is 6.79. The van der Waals surface area contributed by atoms with Crippen molar-refractivity contribution in [2.24, 2.45) is 5.41 Å². The minimum atomic E-state index is -0.454. The summed E-state index contributed by atoms with van der Waals surface area (Å²) in [6.07, 6.45) is -0.454. The number of methoxy groups -OCH3 is 1. The lowest BCUT2D eigenvalue weighted by Gasteiger charge is -2.30. The summed E-state index contributed by atoms with van der Waals surface area (Å²) in [6, 6.07) is 6.78. The molecule has 1 aliphatic rings. The van der Waals surface area contributed by atoms with E-state index in [9.17, 15) is 14.7 Å². The van der Waals surface area contributed by atoms with Crippen LogP contribution in [0.1, 0.15) is 37.0 Å². The van der Waals surface area contributed by atoms with E-state index in [4.69, 9.17) is 16.3 Å². The molecule has 30 heavy (non-hydrogen) atoms. The smallest absolute Gasteiger partial charge is 0.409 e. The van der Waals surface area contributed by atoms with Crippen molar-refractivity contribution in [3.05, 3.63) is 40.7 Å². The van der Waals surface area contributed by atoms with Crippen LogP contribution < -0.4 is 5.32 Å². The predicted molar refractivity (Wildman–Crippen MR) is 113 cm³/mol. The number of nitrogens with one attached hydrogen (secondary N) is 1. The Bertz CT molecular complexity index is 934. The molecule has 0 aliphatic carbocycles. The van der Waals surface area contributed by atoms with Crippen LogP contribution in [-0.2, 0) is 17.8 Å². The molecular formula is C21H27ClN4O4. The van der Waals surface area contributed by atoms with E-state index in [1.54, 1.807) is 12.1 Å². The fraction of sp³-hybridized carbons (Fsp3) is 0.476. The van der Waals surface area contributed by atoms with Crippen molar-refractivity contribution in [1.82, 2.24) is 19.8 Å². The van der Waals surface area contributed by atoms with Crippen molar-refractivity contribution in [2.45, 2.75) is 39.9 Å². The summed E-state index contributed by atoms with van der Waals surface area (Å²) in [6.45, 7) is 6.75. The number of hydrogen-bond acceptors (Lipinski definition) is 5. The zero-order chi connectivity index (χ0) is 22.1. The highest BCUT2D eigenvalue weighted by Crippen LogP contribution is 2.28. The van der Waals surface area contributed by atoms with E-state index in [-0.39, 0.29) is 30.2 Å². The second-order valence-corrected chi connectivity index (χ2v) is 8.79. The SMILES string of the molecule is COC(=O)N1CCn2c(-c3ccc(Cl)cc3)nc(C(=O)NC(CO)C(C)(C)C)c2C1. The second kappa shape index (κ2) is 8.65. The quantitative estimate of drug-likeness (QED) is 0.771. The van der Waals surface area contributed by atoms with E-state index >= 15 is 0 Å². The molecule has 2 N–H and O–H groups in total. The molecule has 2 aromatic rings. The fourth-order valence-corrected chi connectivity index (χ4v) is 3.54. The maximum atomic E-state index is 13.1. The van der Waals surface area contributed by atoms with Crippen molar-refractivity contribution >= 4 is 23.6 Å². The normalized spacial score (nSPS) is 14.8. The van der Waals surface area contributed by atoms with E-state index in [2.05, 4.69) is 10.3 Å². The van der Waals surface area contributed by atoms with E-state index in [0.717, 1.165) is 5.56 Å². The standard InChI is InChI=1S/C21H27ClN4O4/c1-21(2,3)16(12-27)23-19(28)17-15-11-25(20(29)30-4)9-10-26(15)18(24-17)13-5-7-14(22)8-6-13/h5-8,16,27H,9-12H2,1-4H3,(H,23,28). The molecule has 0 bridgehead atoms. The molecule has 0 fully saturated rings. The van der Waals surface area contributed by atoms with Crippen molar-refractivity contribution in [1.29, 1.82) is 0 Å². The topological polar surface area (TPSA) is 96.7 Å². The molecule has 0 radical (unpaired) electrons. The Morgan fingerprint density at radius 2 is 1.93 bits per heavy atom. The number of amides is 2. The van der Waals surface area contributed by atoms with Crippen LogP contribution in [0, 0.1) is 5.41 Å². The van der Waals surface area contributed by atoms with E-state index in [1.807, 2.05) is 37.5 Å².